The van der Waals surface area contributed by atoms with Gasteiger partial charge in [-0.1, -0.05) is 20.8 Å². The molecule has 1 aromatic heterocycles. The number of aromatic nitrogens is 2. The summed E-state index contributed by atoms with van der Waals surface area (Å²) in [6, 6.07) is 0.0988. The monoisotopic (exact) mass is 413 g/mol. The van der Waals surface area contributed by atoms with Crippen LogP contribution in [-0.2, 0) is 9.16 Å². The van der Waals surface area contributed by atoms with Crippen molar-refractivity contribution in [2.45, 2.75) is 84.2 Å². The van der Waals surface area contributed by atoms with Gasteiger partial charge in [-0.25, -0.2) is 0 Å². The highest BCUT2D eigenvalue weighted by Crippen LogP contribution is 2.37. The predicted molar refractivity (Wildman–Crippen MR) is 111 cm³/mol. The largest absolute Gasteiger partial charge is 0.472 e. The van der Waals surface area contributed by atoms with Gasteiger partial charge < -0.3 is 13.9 Å². The lowest BCUT2D eigenvalue weighted by atomic mass is 10.0. The minimum absolute atomic E-state index is 0.0375. The highest BCUT2D eigenvalue weighted by atomic mass is 28.4. The Labute approximate surface area is 168 Å². The van der Waals surface area contributed by atoms with Crippen molar-refractivity contribution in [2.75, 3.05) is 19.8 Å². The van der Waals surface area contributed by atoms with Gasteiger partial charge in [0.1, 0.15) is 5.69 Å². The fourth-order valence-electron chi connectivity index (χ4n) is 3.11. The van der Waals surface area contributed by atoms with Gasteiger partial charge in [0.25, 0.3) is 0 Å². The van der Waals surface area contributed by atoms with E-state index in [1.165, 1.54) is 0 Å². The molecule has 9 heteroatoms. The highest BCUT2D eigenvalue weighted by Gasteiger charge is 2.37. The first kappa shape index (κ1) is 22.8. The van der Waals surface area contributed by atoms with Gasteiger partial charge in [-0.05, 0) is 44.8 Å². The molecule has 0 aromatic carbocycles. The second-order valence-electron chi connectivity index (χ2n) is 9.11. The fourth-order valence-corrected chi connectivity index (χ4v) is 4.20. The molecule has 1 aliphatic heterocycles. The summed E-state index contributed by atoms with van der Waals surface area (Å²) in [5.41, 5.74) is 0.501. The van der Waals surface area contributed by atoms with E-state index >= 15 is 0 Å². The Kier molecular flexibility index (Phi) is 7.27. The van der Waals surface area contributed by atoms with E-state index in [1.54, 1.807) is 11.6 Å². The van der Waals surface area contributed by atoms with Gasteiger partial charge in [0.05, 0.1) is 23.7 Å². The van der Waals surface area contributed by atoms with Crippen LogP contribution >= 0.6 is 0 Å². The van der Waals surface area contributed by atoms with Crippen LogP contribution in [0.1, 0.15) is 58.7 Å². The van der Waals surface area contributed by atoms with E-state index in [-0.39, 0.29) is 28.8 Å². The summed E-state index contributed by atoms with van der Waals surface area (Å²) in [7, 11) is -1.79. The summed E-state index contributed by atoms with van der Waals surface area (Å²) in [6.45, 7) is 16.3. The molecule has 0 radical (unpaired) electrons. The molecule has 1 unspecified atom stereocenters. The van der Waals surface area contributed by atoms with Crippen molar-refractivity contribution < 1.29 is 18.8 Å². The third kappa shape index (κ3) is 5.33. The molecule has 28 heavy (non-hydrogen) atoms. The van der Waals surface area contributed by atoms with Crippen LogP contribution in [0, 0.1) is 17.0 Å². The average molecular weight is 414 g/mol. The summed E-state index contributed by atoms with van der Waals surface area (Å²) >= 11 is 0. The lowest BCUT2D eigenvalue weighted by Crippen LogP contribution is -2.41. The normalized spacial score (nSPS) is 21.0. The van der Waals surface area contributed by atoms with Gasteiger partial charge in [0.2, 0.25) is 0 Å². The topological polar surface area (TPSA) is 88.7 Å². The van der Waals surface area contributed by atoms with Crippen molar-refractivity contribution in [1.82, 2.24) is 9.78 Å². The number of hydrogen-bond acceptors (Lipinski definition) is 6. The van der Waals surface area contributed by atoms with E-state index in [0.717, 1.165) is 12.8 Å². The van der Waals surface area contributed by atoms with Crippen molar-refractivity contribution in [3.63, 3.8) is 0 Å². The van der Waals surface area contributed by atoms with Crippen LogP contribution in [0.3, 0.4) is 0 Å². The van der Waals surface area contributed by atoms with Crippen LogP contribution in [0.2, 0.25) is 18.1 Å². The molecule has 160 valence electrons. The maximum absolute atomic E-state index is 11.6. The smallest absolute Gasteiger partial charge is 0.352 e. The zero-order valence-corrected chi connectivity index (χ0v) is 19.3. The third-order valence-corrected chi connectivity index (χ3v) is 10.4. The molecule has 0 spiro atoms. The first-order chi connectivity index (χ1) is 12.9. The number of ether oxygens (including phenoxy) is 2. The molecule has 2 heterocycles. The van der Waals surface area contributed by atoms with Gasteiger partial charge >= 0.3 is 11.6 Å². The minimum atomic E-state index is -1.79. The molecular weight excluding hydrogens is 378 g/mol. The molecule has 0 amide bonds. The summed E-state index contributed by atoms with van der Waals surface area (Å²) in [5.74, 6) is 0.106. The number of nitro groups is 1. The van der Waals surface area contributed by atoms with Gasteiger partial charge in [0, 0.05) is 19.6 Å². The van der Waals surface area contributed by atoms with E-state index in [9.17, 15) is 10.1 Å². The minimum Gasteiger partial charge on any atom is -0.472 e. The van der Waals surface area contributed by atoms with E-state index in [4.69, 9.17) is 13.9 Å². The van der Waals surface area contributed by atoms with Crippen molar-refractivity contribution in [3.05, 3.63) is 15.8 Å². The van der Waals surface area contributed by atoms with Gasteiger partial charge in [0.15, 0.2) is 8.32 Å². The highest BCUT2D eigenvalue weighted by molar-refractivity contribution is 6.74. The van der Waals surface area contributed by atoms with E-state index in [2.05, 4.69) is 39.0 Å². The third-order valence-electron chi connectivity index (χ3n) is 5.87. The maximum atomic E-state index is 11.6. The standard InChI is InChI=1S/C19H35N3O5Si/c1-14-13-16(9-12-25-14)21-15(2)17(22(23)24)18(20-21)26-10-8-11-27-28(6,7)19(3,4)5/h14,16H,8-13H2,1-7H3/t14-,16?/m0/s1. The Morgan fingerprint density at radius 3 is 2.61 bits per heavy atom. The molecule has 2 rings (SSSR count). The Morgan fingerprint density at radius 1 is 1.36 bits per heavy atom. The molecule has 1 saturated heterocycles. The quantitative estimate of drug-likeness (QED) is 0.267. The molecule has 0 N–H and O–H groups in total. The molecule has 1 aromatic rings. The van der Waals surface area contributed by atoms with Crippen LogP contribution in [-0.4, -0.2) is 48.9 Å². The maximum Gasteiger partial charge on any atom is 0.352 e. The number of rotatable bonds is 8. The Bertz CT molecular complexity index is 684. The molecule has 1 aliphatic rings. The number of nitrogens with zero attached hydrogens (tertiary/aromatic N) is 3. The first-order valence-corrected chi connectivity index (χ1v) is 13.0. The molecule has 1 fully saturated rings. The van der Waals surface area contributed by atoms with Gasteiger partial charge in [-0.3, -0.25) is 14.8 Å². The van der Waals surface area contributed by atoms with Crippen molar-refractivity contribution in [1.29, 1.82) is 0 Å². The number of hydrogen-bond donors (Lipinski definition) is 0. The van der Waals surface area contributed by atoms with Crippen molar-refractivity contribution in [2.24, 2.45) is 0 Å². The molecule has 8 nitrogen and oxygen atoms in total. The fraction of sp³-hybridized carbons (Fsp3) is 0.842. The van der Waals surface area contributed by atoms with Crippen LogP contribution in [0.4, 0.5) is 5.69 Å². The first-order valence-electron chi connectivity index (χ1n) is 10.1. The summed E-state index contributed by atoms with van der Waals surface area (Å²) < 4.78 is 19.2. The predicted octanol–water partition coefficient (Wildman–Crippen LogP) is 4.63. The summed E-state index contributed by atoms with van der Waals surface area (Å²) in [5, 5.41) is 16.2. The zero-order valence-electron chi connectivity index (χ0n) is 18.3. The van der Waals surface area contributed by atoms with Gasteiger partial charge in [-0.2, -0.15) is 0 Å². The lowest BCUT2D eigenvalue weighted by molar-refractivity contribution is -0.386. The Hall–Kier alpha value is -1.45. The Morgan fingerprint density at radius 2 is 2.04 bits per heavy atom. The second-order valence-corrected chi connectivity index (χ2v) is 13.9. The molecule has 2 atom stereocenters. The van der Waals surface area contributed by atoms with Crippen molar-refractivity contribution in [3.8, 4) is 5.88 Å². The van der Waals surface area contributed by atoms with E-state index < -0.39 is 13.2 Å². The van der Waals surface area contributed by atoms with Crippen molar-refractivity contribution >= 4 is 14.0 Å². The average Bonchev–Trinajstić information content (AvgIpc) is 2.90. The second kappa shape index (κ2) is 8.92. The van der Waals surface area contributed by atoms with Crippen LogP contribution in [0.15, 0.2) is 0 Å². The molecule has 0 saturated carbocycles. The SMILES string of the molecule is Cc1c([N+](=O)[O-])c(OCCCO[Si](C)(C)C(C)(C)C)nn1C1CCO[C@@H](C)C1. The molecule has 0 aliphatic carbocycles. The van der Waals surface area contributed by atoms with E-state index in [0.29, 0.717) is 31.9 Å². The summed E-state index contributed by atoms with van der Waals surface area (Å²) in [6.07, 6.45) is 2.38. The molecule has 0 bridgehead atoms. The zero-order chi connectivity index (χ0) is 21.1. The van der Waals surface area contributed by atoms with Crippen LogP contribution < -0.4 is 4.74 Å². The summed E-state index contributed by atoms with van der Waals surface area (Å²) in [4.78, 5) is 11.2. The lowest BCUT2D eigenvalue weighted by Gasteiger charge is -2.36. The van der Waals surface area contributed by atoms with Gasteiger partial charge in [-0.15, -0.1) is 5.10 Å². The molecular formula is C19H35N3O5Si. The Balaban J connectivity index is 1.99. The van der Waals surface area contributed by atoms with E-state index in [1.807, 2.05) is 6.92 Å². The van der Waals surface area contributed by atoms with Crippen LogP contribution in [0.5, 0.6) is 5.88 Å². The van der Waals surface area contributed by atoms with Crippen LogP contribution in [0.25, 0.3) is 0 Å².